The smallest absolute Gasteiger partial charge is 0.307 e. The molecule has 2 saturated heterocycles. The minimum Gasteiger partial charge on any atom is -0.466 e. The van der Waals surface area contributed by atoms with E-state index in [2.05, 4.69) is 16.8 Å². The van der Waals surface area contributed by atoms with Crippen LogP contribution in [-0.4, -0.2) is 102 Å². The number of thiazole rings is 1. The van der Waals surface area contributed by atoms with Gasteiger partial charge in [0, 0.05) is 50.3 Å². The van der Waals surface area contributed by atoms with E-state index >= 15 is 0 Å². The van der Waals surface area contributed by atoms with Gasteiger partial charge >= 0.3 is 5.97 Å². The summed E-state index contributed by atoms with van der Waals surface area (Å²) in [5.74, 6) is -0.224. The standard InChI is InChI=1S/C21H31N5O4S/c1-3-30-18(27)13-16-15-29-11-9-25(16)14-17-19(22-21-26(17)10-12-31-21)20(28)24-6-4-5-23(2)7-8-24/h10,12,16H,3-9,11,13-15H2,1-2H3. The lowest BCUT2D eigenvalue weighted by Crippen LogP contribution is -2.46. The summed E-state index contributed by atoms with van der Waals surface area (Å²) in [6.07, 6.45) is 3.21. The van der Waals surface area contributed by atoms with Gasteiger partial charge in [-0.15, -0.1) is 11.3 Å². The number of carbonyl (C=O) groups is 2. The number of aromatic nitrogens is 2. The fourth-order valence-electron chi connectivity index (χ4n) is 4.24. The number of carbonyl (C=O) groups excluding carboxylic acids is 2. The van der Waals surface area contributed by atoms with Crippen LogP contribution in [0.2, 0.25) is 0 Å². The summed E-state index contributed by atoms with van der Waals surface area (Å²) in [6.45, 7) is 7.83. The number of likely N-dealkylation sites (N-methyl/N-ethyl adjacent to an activating group) is 1. The predicted octanol–water partition coefficient (Wildman–Crippen LogP) is 1.33. The average Bonchev–Trinajstić information content (AvgIpc) is 3.27. The van der Waals surface area contributed by atoms with Crippen LogP contribution in [0.1, 0.15) is 35.9 Å². The Labute approximate surface area is 186 Å². The lowest BCUT2D eigenvalue weighted by atomic mass is 10.1. The number of imidazole rings is 1. The second kappa shape index (κ2) is 10.1. The Morgan fingerprint density at radius 1 is 1.26 bits per heavy atom. The maximum absolute atomic E-state index is 13.5. The number of fused-ring (bicyclic) bond motifs is 1. The molecule has 2 fully saturated rings. The fraction of sp³-hybridized carbons (Fsp3) is 0.667. The highest BCUT2D eigenvalue weighted by Crippen LogP contribution is 2.23. The average molecular weight is 450 g/mol. The van der Waals surface area contributed by atoms with Gasteiger partial charge in [0.05, 0.1) is 31.9 Å². The van der Waals surface area contributed by atoms with Gasteiger partial charge in [0.2, 0.25) is 0 Å². The molecule has 10 heteroatoms. The number of amides is 1. The van der Waals surface area contributed by atoms with Crippen molar-refractivity contribution in [3.8, 4) is 0 Å². The first-order valence-corrected chi connectivity index (χ1v) is 11.8. The van der Waals surface area contributed by atoms with E-state index in [1.165, 1.54) is 11.3 Å². The topological polar surface area (TPSA) is 79.6 Å². The Hall–Kier alpha value is -2.01. The van der Waals surface area contributed by atoms with Crippen LogP contribution in [-0.2, 0) is 20.8 Å². The van der Waals surface area contributed by atoms with Gasteiger partial charge in [0.25, 0.3) is 5.91 Å². The number of morpholine rings is 1. The summed E-state index contributed by atoms with van der Waals surface area (Å²) in [6, 6.07) is -0.0771. The molecule has 0 spiro atoms. The van der Waals surface area contributed by atoms with Crippen molar-refractivity contribution in [2.24, 2.45) is 0 Å². The van der Waals surface area contributed by atoms with E-state index in [4.69, 9.17) is 14.5 Å². The fourth-order valence-corrected chi connectivity index (χ4v) is 4.98. The summed E-state index contributed by atoms with van der Waals surface area (Å²) in [4.78, 5) is 37.5. The molecule has 2 aliphatic heterocycles. The molecule has 0 N–H and O–H groups in total. The van der Waals surface area contributed by atoms with Crippen LogP contribution < -0.4 is 0 Å². The summed E-state index contributed by atoms with van der Waals surface area (Å²) >= 11 is 1.53. The second-order valence-electron chi connectivity index (χ2n) is 8.12. The van der Waals surface area contributed by atoms with Crippen molar-refractivity contribution < 1.29 is 19.1 Å². The molecule has 4 rings (SSSR count). The summed E-state index contributed by atoms with van der Waals surface area (Å²) in [7, 11) is 2.09. The molecule has 9 nitrogen and oxygen atoms in total. The van der Waals surface area contributed by atoms with Crippen molar-refractivity contribution in [2.45, 2.75) is 32.4 Å². The van der Waals surface area contributed by atoms with Crippen LogP contribution in [0.3, 0.4) is 0 Å². The minimum absolute atomic E-state index is 0.00333. The normalized spacial score (nSPS) is 21.4. The van der Waals surface area contributed by atoms with Gasteiger partial charge in [-0.3, -0.25) is 18.9 Å². The number of esters is 1. The Morgan fingerprint density at radius 2 is 2.13 bits per heavy atom. The third kappa shape index (κ3) is 5.08. The lowest BCUT2D eigenvalue weighted by molar-refractivity contribution is -0.146. The molecule has 170 valence electrons. The van der Waals surface area contributed by atoms with E-state index in [9.17, 15) is 9.59 Å². The third-order valence-electron chi connectivity index (χ3n) is 5.98. The number of hydrogen-bond acceptors (Lipinski definition) is 8. The molecule has 0 saturated carbocycles. The van der Waals surface area contributed by atoms with Gasteiger partial charge in [-0.1, -0.05) is 0 Å². The van der Waals surface area contributed by atoms with Crippen LogP contribution in [0.4, 0.5) is 0 Å². The lowest BCUT2D eigenvalue weighted by Gasteiger charge is -2.35. The van der Waals surface area contributed by atoms with Crippen LogP contribution in [0.15, 0.2) is 11.6 Å². The first kappa shape index (κ1) is 22.2. The van der Waals surface area contributed by atoms with Crippen molar-refractivity contribution in [3.63, 3.8) is 0 Å². The van der Waals surface area contributed by atoms with E-state index in [0.717, 1.165) is 36.7 Å². The zero-order valence-corrected chi connectivity index (χ0v) is 19.1. The van der Waals surface area contributed by atoms with E-state index in [1.807, 2.05) is 27.8 Å². The zero-order chi connectivity index (χ0) is 21.8. The molecule has 0 aliphatic carbocycles. The third-order valence-corrected chi connectivity index (χ3v) is 6.74. The van der Waals surface area contributed by atoms with Crippen LogP contribution in [0.25, 0.3) is 4.96 Å². The first-order chi connectivity index (χ1) is 15.1. The quantitative estimate of drug-likeness (QED) is 0.616. The van der Waals surface area contributed by atoms with Crippen LogP contribution >= 0.6 is 11.3 Å². The first-order valence-electron chi connectivity index (χ1n) is 11.0. The SMILES string of the molecule is CCOC(=O)CC1COCCN1Cc1c(C(=O)N2CCCN(C)CC2)nc2sccn12. The Bertz CT molecular complexity index is 913. The highest BCUT2D eigenvalue weighted by molar-refractivity contribution is 7.15. The Balaban J connectivity index is 1.57. The van der Waals surface area contributed by atoms with Gasteiger partial charge < -0.3 is 19.3 Å². The highest BCUT2D eigenvalue weighted by Gasteiger charge is 2.31. The molecule has 1 atom stereocenters. The molecular weight excluding hydrogens is 418 g/mol. The molecule has 1 unspecified atom stereocenters. The van der Waals surface area contributed by atoms with E-state index < -0.39 is 0 Å². The van der Waals surface area contributed by atoms with Crippen molar-refractivity contribution in [2.75, 3.05) is 59.6 Å². The molecule has 2 aliphatic rings. The second-order valence-corrected chi connectivity index (χ2v) is 8.99. The number of nitrogens with zero attached hydrogens (tertiary/aromatic N) is 5. The Morgan fingerprint density at radius 3 is 2.97 bits per heavy atom. The summed E-state index contributed by atoms with van der Waals surface area (Å²) in [5.41, 5.74) is 1.41. The molecular formula is C21H31N5O4S. The molecule has 2 aromatic heterocycles. The van der Waals surface area contributed by atoms with Crippen LogP contribution in [0.5, 0.6) is 0 Å². The van der Waals surface area contributed by atoms with Gasteiger partial charge in [-0.2, -0.15) is 0 Å². The molecule has 1 amide bonds. The molecule has 0 aromatic carbocycles. The summed E-state index contributed by atoms with van der Waals surface area (Å²) in [5, 5.41) is 1.98. The number of hydrogen-bond donors (Lipinski definition) is 0. The molecule has 4 heterocycles. The molecule has 0 bridgehead atoms. The van der Waals surface area contributed by atoms with Crippen molar-refractivity contribution >= 4 is 28.2 Å². The monoisotopic (exact) mass is 449 g/mol. The molecule has 31 heavy (non-hydrogen) atoms. The summed E-state index contributed by atoms with van der Waals surface area (Å²) < 4.78 is 12.8. The molecule has 2 aromatic rings. The van der Waals surface area contributed by atoms with Gasteiger partial charge in [0.1, 0.15) is 0 Å². The molecule has 0 radical (unpaired) electrons. The van der Waals surface area contributed by atoms with Crippen molar-refractivity contribution in [1.82, 2.24) is 24.1 Å². The highest BCUT2D eigenvalue weighted by atomic mass is 32.1. The number of rotatable bonds is 6. The predicted molar refractivity (Wildman–Crippen MR) is 117 cm³/mol. The van der Waals surface area contributed by atoms with Crippen molar-refractivity contribution in [3.05, 3.63) is 23.0 Å². The van der Waals surface area contributed by atoms with Crippen LogP contribution in [0, 0.1) is 0 Å². The largest absolute Gasteiger partial charge is 0.466 e. The van der Waals surface area contributed by atoms with Crippen molar-refractivity contribution in [1.29, 1.82) is 0 Å². The van der Waals surface area contributed by atoms with E-state index in [-0.39, 0.29) is 24.3 Å². The van der Waals surface area contributed by atoms with E-state index in [1.54, 1.807) is 0 Å². The maximum atomic E-state index is 13.5. The zero-order valence-electron chi connectivity index (χ0n) is 18.3. The minimum atomic E-state index is -0.220. The maximum Gasteiger partial charge on any atom is 0.307 e. The number of ether oxygens (including phenoxy) is 2. The van der Waals surface area contributed by atoms with Gasteiger partial charge in [-0.05, 0) is 26.9 Å². The van der Waals surface area contributed by atoms with Gasteiger partial charge in [-0.25, -0.2) is 4.98 Å². The Kier molecular flexibility index (Phi) is 7.21. The van der Waals surface area contributed by atoms with Gasteiger partial charge in [0.15, 0.2) is 10.7 Å². The van der Waals surface area contributed by atoms with E-state index in [0.29, 0.717) is 45.1 Å².